The third kappa shape index (κ3) is 2.82. The van der Waals surface area contributed by atoms with Crippen molar-refractivity contribution in [3.8, 4) is 5.75 Å². The van der Waals surface area contributed by atoms with Crippen molar-refractivity contribution in [2.24, 2.45) is 10.2 Å². The van der Waals surface area contributed by atoms with Crippen LogP contribution in [-0.2, 0) is 4.79 Å². The number of aromatic hydroxyl groups is 1. The number of benzene rings is 2. The average molecular weight is 423 g/mol. The lowest BCUT2D eigenvalue weighted by molar-refractivity contribution is -0.110. The summed E-state index contributed by atoms with van der Waals surface area (Å²) in [7, 11) is 0. The summed E-state index contributed by atoms with van der Waals surface area (Å²) in [6.45, 7) is 0. The molecule has 2 aromatic carbocycles. The zero-order valence-corrected chi connectivity index (χ0v) is 14.2. The van der Waals surface area contributed by atoms with Crippen molar-refractivity contribution >= 4 is 55.4 Å². The van der Waals surface area contributed by atoms with Crippen molar-refractivity contribution in [2.45, 2.75) is 0 Å². The SMILES string of the molecule is O=C1Nc2ccccc2C1=NN=Cc1cc(Br)c(O)c(Br)c1. The zero-order chi connectivity index (χ0) is 15.7. The minimum absolute atomic E-state index is 0.118. The first kappa shape index (κ1) is 14.9. The van der Waals surface area contributed by atoms with Crippen LogP contribution in [0.5, 0.6) is 5.75 Å². The van der Waals surface area contributed by atoms with Crippen molar-refractivity contribution in [3.63, 3.8) is 0 Å². The maximum Gasteiger partial charge on any atom is 0.276 e. The van der Waals surface area contributed by atoms with Crippen LogP contribution in [0.1, 0.15) is 11.1 Å². The van der Waals surface area contributed by atoms with Crippen molar-refractivity contribution in [2.75, 3.05) is 5.32 Å². The van der Waals surface area contributed by atoms with Gasteiger partial charge < -0.3 is 10.4 Å². The van der Waals surface area contributed by atoms with Gasteiger partial charge in [-0.3, -0.25) is 4.79 Å². The normalized spacial score (nSPS) is 15.4. The first-order chi connectivity index (χ1) is 10.6. The molecule has 110 valence electrons. The predicted molar refractivity (Wildman–Crippen MR) is 92.7 cm³/mol. The molecule has 5 nitrogen and oxygen atoms in total. The molecule has 7 heteroatoms. The van der Waals surface area contributed by atoms with Gasteiger partial charge in [0.1, 0.15) is 5.75 Å². The molecule has 0 radical (unpaired) electrons. The number of carbonyl (C=O) groups is 1. The number of carbonyl (C=O) groups excluding carboxylic acids is 1. The number of para-hydroxylation sites is 1. The second-order valence-corrected chi connectivity index (χ2v) is 6.23. The highest BCUT2D eigenvalue weighted by molar-refractivity contribution is 9.11. The predicted octanol–water partition coefficient (Wildman–Crippen LogP) is 3.69. The molecule has 0 aromatic heterocycles. The number of phenols is 1. The average Bonchev–Trinajstić information content (AvgIpc) is 2.81. The second kappa shape index (κ2) is 6.02. The Kier molecular flexibility index (Phi) is 4.08. The lowest BCUT2D eigenvalue weighted by Gasteiger charge is -2.01. The lowest BCUT2D eigenvalue weighted by Crippen LogP contribution is -2.13. The summed E-state index contributed by atoms with van der Waals surface area (Å²) in [5.41, 5.74) is 2.48. The van der Waals surface area contributed by atoms with E-state index in [2.05, 4.69) is 47.4 Å². The van der Waals surface area contributed by atoms with Gasteiger partial charge >= 0.3 is 0 Å². The van der Waals surface area contributed by atoms with Gasteiger partial charge in [-0.05, 0) is 55.6 Å². The smallest absolute Gasteiger partial charge is 0.276 e. The Labute approximate surface area is 143 Å². The molecule has 0 bridgehead atoms. The van der Waals surface area contributed by atoms with E-state index in [-0.39, 0.29) is 17.4 Å². The van der Waals surface area contributed by atoms with Crippen LogP contribution in [0, 0.1) is 0 Å². The molecular formula is C15H9Br2N3O2. The largest absolute Gasteiger partial charge is 0.506 e. The molecule has 1 amide bonds. The van der Waals surface area contributed by atoms with E-state index >= 15 is 0 Å². The van der Waals surface area contributed by atoms with E-state index in [1.54, 1.807) is 12.1 Å². The number of nitrogens with zero attached hydrogens (tertiary/aromatic N) is 2. The van der Waals surface area contributed by atoms with E-state index in [1.165, 1.54) is 6.21 Å². The molecule has 0 fully saturated rings. The van der Waals surface area contributed by atoms with Gasteiger partial charge in [-0.1, -0.05) is 18.2 Å². The summed E-state index contributed by atoms with van der Waals surface area (Å²) in [6.07, 6.45) is 1.51. The molecule has 0 saturated heterocycles. The molecule has 0 aliphatic carbocycles. The quantitative estimate of drug-likeness (QED) is 0.572. The zero-order valence-electron chi connectivity index (χ0n) is 11.0. The highest BCUT2D eigenvalue weighted by Gasteiger charge is 2.25. The van der Waals surface area contributed by atoms with E-state index in [9.17, 15) is 9.90 Å². The summed E-state index contributed by atoms with van der Waals surface area (Å²) in [5.74, 6) is -0.154. The maximum atomic E-state index is 11.9. The first-order valence-corrected chi connectivity index (χ1v) is 7.84. The van der Waals surface area contributed by atoms with Gasteiger partial charge in [-0.15, -0.1) is 5.10 Å². The topological polar surface area (TPSA) is 74.0 Å². The van der Waals surface area contributed by atoms with Gasteiger partial charge in [0.2, 0.25) is 0 Å². The van der Waals surface area contributed by atoms with Crippen LogP contribution in [0.15, 0.2) is 55.5 Å². The van der Waals surface area contributed by atoms with E-state index in [4.69, 9.17) is 0 Å². The highest BCUT2D eigenvalue weighted by atomic mass is 79.9. The number of hydrogen-bond acceptors (Lipinski definition) is 4. The molecular weight excluding hydrogens is 414 g/mol. The Morgan fingerprint density at radius 2 is 1.82 bits per heavy atom. The number of amides is 1. The van der Waals surface area contributed by atoms with E-state index < -0.39 is 0 Å². The monoisotopic (exact) mass is 421 g/mol. The number of halogens is 2. The molecule has 2 aromatic rings. The van der Waals surface area contributed by atoms with Crippen LogP contribution in [0.2, 0.25) is 0 Å². The first-order valence-electron chi connectivity index (χ1n) is 6.26. The Morgan fingerprint density at radius 1 is 1.14 bits per heavy atom. The fourth-order valence-electron chi connectivity index (χ4n) is 2.01. The van der Waals surface area contributed by atoms with Crippen LogP contribution in [-0.4, -0.2) is 22.9 Å². The molecule has 0 spiro atoms. The number of nitrogens with one attached hydrogen (secondary N) is 1. The van der Waals surface area contributed by atoms with Gasteiger partial charge in [-0.2, -0.15) is 5.10 Å². The Bertz CT molecular complexity index is 808. The molecule has 1 aliphatic rings. The maximum absolute atomic E-state index is 11.9. The highest BCUT2D eigenvalue weighted by Crippen LogP contribution is 2.32. The molecule has 0 saturated carbocycles. The number of fused-ring (bicyclic) bond motifs is 1. The van der Waals surface area contributed by atoms with Crippen LogP contribution >= 0.6 is 31.9 Å². The van der Waals surface area contributed by atoms with Gasteiger partial charge in [0, 0.05) is 5.56 Å². The summed E-state index contributed by atoms with van der Waals surface area (Å²) >= 11 is 6.49. The summed E-state index contributed by atoms with van der Waals surface area (Å²) < 4.78 is 1.08. The number of rotatable bonds is 2. The van der Waals surface area contributed by atoms with Crippen molar-refractivity contribution < 1.29 is 9.90 Å². The van der Waals surface area contributed by atoms with Crippen molar-refractivity contribution in [1.29, 1.82) is 0 Å². The third-order valence-corrected chi connectivity index (χ3v) is 4.26. The molecule has 0 atom stereocenters. The van der Waals surface area contributed by atoms with Crippen molar-refractivity contribution in [1.82, 2.24) is 0 Å². The minimum atomic E-state index is -0.272. The Hall–Kier alpha value is -1.99. The summed E-state index contributed by atoms with van der Waals surface area (Å²) in [4.78, 5) is 11.9. The van der Waals surface area contributed by atoms with Crippen LogP contribution in [0.25, 0.3) is 0 Å². The molecule has 3 rings (SSSR count). The van der Waals surface area contributed by atoms with Crippen LogP contribution in [0.3, 0.4) is 0 Å². The molecule has 1 aliphatic heterocycles. The van der Waals surface area contributed by atoms with Gasteiger partial charge in [0.25, 0.3) is 5.91 Å². The van der Waals surface area contributed by atoms with Crippen LogP contribution in [0.4, 0.5) is 5.69 Å². The fourth-order valence-corrected chi connectivity index (χ4v) is 3.24. The van der Waals surface area contributed by atoms with Gasteiger partial charge in [-0.25, -0.2) is 0 Å². The third-order valence-electron chi connectivity index (χ3n) is 3.05. The number of hydrogen-bond donors (Lipinski definition) is 2. The molecule has 1 heterocycles. The Morgan fingerprint density at radius 3 is 2.55 bits per heavy atom. The van der Waals surface area contributed by atoms with Crippen molar-refractivity contribution in [3.05, 3.63) is 56.5 Å². The minimum Gasteiger partial charge on any atom is -0.506 e. The fraction of sp³-hybridized carbons (Fsp3) is 0. The van der Waals surface area contributed by atoms with E-state index in [1.807, 2.05) is 24.3 Å². The van der Waals surface area contributed by atoms with Gasteiger partial charge in [0.05, 0.1) is 20.8 Å². The number of anilines is 1. The standard InChI is InChI=1S/C15H9Br2N3O2/c16-10-5-8(6-11(17)14(10)21)7-18-20-13-9-3-1-2-4-12(9)19-15(13)22/h1-7,21H,(H,19,20,22). The summed E-state index contributed by atoms with van der Waals surface area (Å²) in [6, 6.07) is 10.7. The summed E-state index contributed by atoms with van der Waals surface area (Å²) in [5, 5.41) is 20.4. The van der Waals surface area contributed by atoms with Crippen LogP contribution < -0.4 is 5.32 Å². The molecule has 2 N–H and O–H groups in total. The van der Waals surface area contributed by atoms with E-state index in [0.29, 0.717) is 8.95 Å². The lowest BCUT2D eigenvalue weighted by atomic mass is 10.1. The Balaban J connectivity index is 1.90. The van der Waals surface area contributed by atoms with Gasteiger partial charge in [0.15, 0.2) is 5.71 Å². The van der Waals surface area contributed by atoms with E-state index in [0.717, 1.165) is 16.8 Å². The molecule has 22 heavy (non-hydrogen) atoms. The number of phenolic OH excluding ortho intramolecular Hbond substituents is 1. The second-order valence-electron chi connectivity index (χ2n) is 4.53. The molecule has 0 unspecified atom stereocenters.